The van der Waals surface area contributed by atoms with Gasteiger partial charge in [0.1, 0.15) is 17.7 Å². The minimum absolute atomic E-state index is 0.00868. The maximum Gasteiger partial charge on any atom is 0.458 e. The molecule has 2 heterocycles. The van der Waals surface area contributed by atoms with Gasteiger partial charge in [-0.15, -0.1) is 0 Å². The fourth-order valence-corrected chi connectivity index (χ4v) is 6.37. The molecule has 1 saturated heterocycles. The number of hydrogen-bond donors (Lipinski definition) is 3. The molecule has 1 aromatic heterocycles. The Morgan fingerprint density at radius 2 is 1.49 bits per heavy atom. The van der Waals surface area contributed by atoms with Crippen molar-refractivity contribution in [2.75, 3.05) is 19.7 Å². The normalized spacial score (nSPS) is 19.9. The molecule has 3 N–H and O–H groups in total. The highest BCUT2D eigenvalue weighted by molar-refractivity contribution is 7.52. The summed E-state index contributed by atoms with van der Waals surface area (Å²) in [5, 5.41) is 15.6. The van der Waals surface area contributed by atoms with Gasteiger partial charge < -0.3 is 19.7 Å². The Hall–Kier alpha value is -4.33. The van der Waals surface area contributed by atoms with Crippen molar-refractivity contribution in [3.05, 3.63) is 131 Å². The van der Waals surface area contributed by atoms with Crippen LogP contribution in [0.4, 0.5) is 13.2 Å². The molecule has 0 radical (unpaired) electrons. The van der Waals surface area contributed by atoms with E-state index in [2.05, 4.69) is 83.1 Å². The number of amides is 1. The molecule has 1 fully saturated rings. The van der Waals surface area contributed by atoms with Gasteiger partial charge >= 0.3 is 19.4 Å². The van der Waals surface area contributed by atoms with Crippen LogP contribution in [-0.2, 0) is 18.6 Å². The number of benzene rings is 1. The van der Waals surface area contributed by atoms with E-state index >= 15 is 8.78 Å². The molecule has 1 aliphatic rings. The molecule has 2 aromatic rings. The number of aryl methyl sites for hydroxylation is 1. The smallest absolute Gasteiger partial charge is 0.413 e. The van der Waals surface area contributed by atoms with E-state index < -0.39 is 50.2 Å². The van der Waals surface area contributed by atoms with Gasteiger partial charge in [0.05, 0.1) is 6.61 Å². The Bertz CT molecular complexity index is 1760. The van der Waals surface area contributed by atoms with Crippen LogP contribution in [0.2, 0.25) is 0 Å². The molecule has 4 unspecified atom stereocenters. The van der Waals surface area contributed by atoms with Crippen LogP contribution in [0.3, 0.4) is 0 Å². The third-order valence-corrected chi connectivity index (χ3v) is 9.49. The predicted octanol–water partition coefficient (Wildman–Crippen LogP) is 7.97. The van der Waals surface area contributed by atoms with E-state index in [0.29, 0.717) is 16.7 Å². The molecule has 300 valence electrons. The number of aliphatic hydroxyl groups excluding tert-OH is 1. The summed E-state index contributed by atoms with van der Waals surface area (Å²) in [5.74, 6) is -4.84. The van der Waals surface area contributed by atoms with E-state index in [0.717, 1.165) is 56.9 Å². The first-order valence-electron chi connectivity index (χ1n) is 18.3. The van der Waals surface area contributed by atoms with Gasteiger partial charge in [-0.05, 0) is 82.2 Å². The first-order chi connectivity index (χ1) is 26.4. The molecule has 11 nitrogen and oxygen atoms in total. The van der Waals surface area contributed by atoms with E-state index in [-0.39, 0.29) is 31.2 Å². The molecular weight excluding hydrogens is 736 g/mol. The lowest BCUT2D eigenvalue weighted by Gasteiger charge is -2.22. The fraction of sp³-hybridized carbons (Fsp3) is 0.425. The molecule has 1 amide bonds. The van der Waals surface area contributed by atoms with Crippen molar-refractivity contribution in [2.24, 2.45) is 0 Å². The van der Waals surface area contributed by atoms with Crippen LogP contribution in [0.25, 0.3) is 0 Å². The van der Waals surface area contributed by atoms with Gasteiger partial charge in [0.25, 0.3) is 0 Å². The lowest BCUT2D eigenvalue weighted by molar-refractivity contribution is -0.140. The SMILES string of the molecule is CCC=CCC=CCC=CCC=CCC=CCC=CCCC(=O)NCCNP(=O)(OCC1OC(n2ccc(C)nc2=O)C(F)(F)C1O)Oc1ccc(F)cc1. The molecule has 15 heteroatoms. The number of ether oxygens (including phenoxy) is 1. The highest BCUT2D eigenvalue weighted by Crippen LogP contribution is 2.47. The first-order valence-corrected chi connectivity index (χ1v) is 19.9. The number of carbonyl (C=O) groups is 1. The first kappa shape index (κ1) is 45.1. The Balaban J connectivity index is 1.38. The third-order valence-electron chi connectivity index (χ3n) is 7.94. The zero-order valence-corrected chi connectivity index (χ0v) is 32.2. The molecule has 4 atom stereocenters. The van der Waals surface area contributed by atoms with Crippen LogP contribution < -0.4 is 20.6 Å². The average molecular weight is 789 g/mol. The van der Waals surface area contributed by atoms with E-state index in [1.54, 1.807) is 0 Å². The summed E-state index contributed by atoms with van der Waals surface area (Å²) in [6, 6.07) is 5.81. The molecule has 55 heavy (non-hydrogen) atoms. The Morgan fingerprint density at radius 3 is 2.05 bits per heavy atom. The molecule has 3 rings (SSSR count). The van der Waals surface area contributed by atoms with Crippen molar-refractivity contribution in [1.82, 2.24) is 20.0 Å². The lowest BCUT2D eigenvalue weighted by atomic mass is 10.1. The second-order valence-electron chi connectivity index (χ2n) is 12.5. The van der Waals surface area contributed by atoms with Gasteiger partial charge in [-0.1, -0.05) is 79.8 Å². The summed E-state index contributed by atoms with van der Waals surface area (Å²) >= 11 is 0. The minimum Gasteiger partial charge on any atom is -0.413 e. The summed E-state index contributed by atoms with van der Waals surface area (Å²) in [7, 11) is -4.37. The van der Waals surface area contributed by atoms with Gasteiger partial charge in [0.2, 0.25) is 12.1 Å². The molecule has 0 saturated carbocycles. The fourth-order valence-electron chi connectivity index (χ4n) is 5.03. The van der Waals surface area contributed by atoms with Gasteiger partial charge in [-0.3, -0.25) is 13.9 Å². The molecule has 1 aliphatic heterocycles. The second-order valence-corrected chi connectivity index (χ2v) is 14.2. The summed E-state index contributed by atoms with van der Waals surface area (Å²) < 4.78 is 73.8. The molecule has 0 bridgehead atoms. The summed E-state index contributed by atoms with van der Waals surface area (Å²) in [6.45, 7) is 2.68. The molecular formula is C40H52F3N4O7P. The topological polar surface area (TPSA) is 141 Å². The Morgan fingerprint density at radius 1 is 0.927 bits per heavy atom. The Kier molecular flexibility index (Phi) is 19.9. The standard InChI is InChI=1S/C40H52F3N4O7P/c1-3-4-5-6-7-8-9-10-11-12-13-14-15-16-17-18-19-20-21-22-36(48)44-28-29-45-55(51,54-34-25-23-33(41)24-26-34)52-31-35-37(49)40(42,43)38(53-35)47-30-27-32(2)46-39(47)50/h4-5,7-8,10-11,13-14,16-17,19-20,23-27,30,35,37-38,49H,3,6,9,12,15,18,21-22,28-29,31H2,1-2H3,(H,44,48)(H,45,51). The number of carbonyl (C=O) groups excluding carboxylic acids is 1. The van der Waals surface area contributed by atoms with E-state index in [1.165, 1.54) is 25.1 Å². The molecule has 0 spiro atoms. The summed E-state index contributed by atoms with van der Waals surface area (Å²) in [6.07, 6.45) is 26.2. The van der Waals surface area contributed by atoms with Crippen molar-refractivity contribution in [3.8, 4) is 5.75 Å². The van der Waals surface area contributed by atoms with Crippen LogP contribution in [-0.4, -0.2) is 58.4 Å². The number of halogens is 3. The van der Waals surface area contributed by atoms with Gasteiger partial charge in [-0.2, -0.15) is 13.8 Å². The number of nitrogens with zero attached hydrogens (tertiary/aromatic N) is 2. The van der Waals surface area contributed by atoms with Crippen molar-refractivity contribution in [3.63, 3.8) is 0 Å². The van der Waals surface area contributed by atoms with Gasteiger partial charge in [-0.25, -0.2) is 18.8 Å². The van der Waals surface area contributed by atoms with Gasteiger partial charge in [0.15, 0.2) is 6.10 Å². The number of alkyl halides is 2. The lowest BCUT2D eigenvalue weighted by Crippen LogP contribution is -2.42. The zero-order chi connectivity index (χ0) is 39.9. The number of aliphatic hydroxyl groups is 1. The van der Waals surface area contributed by atoms with Crippen molar-refractivity contribution in [2.45, 2.75) is 89.6 Å². The monoisotopic (exact) mass is 788 g/mol. The Labute approximate surface area is 321 Å². The highest BCUT2D eigenvalue weighted by Gasteiger charge is 2.60. The quantitative estimate of drug-likeness (QED) is 0.0549. The largest absolute Gasteiger partial charge is 0.458 e. The maximum absolute atomic E-state index is 15.0. The van der Waals surface area contributed by atoms with E-state index in [9.17, 15) is 23.7 Å². The average Bonchev–Trinajstić information content (AvgIpc) is 3.38. The summed E-state index contributed by atoms with van der Waals surface area (Å²) in [4.78, 5) is 28.2. The maximum atomic E-state index is 15.0. The summed E-state index contributed by atoms with van der Waals surface area (Å²) in [5.41, 5.74) is -0.709. The van der Waals surface area contributed by atoms with Crippen LogP contribution in [0.15, 0.2) is 114 Å². The number of nitrogens with one attached hydrogen (secondary N) is 2. The number of aromatic nitrogens is 2. The second kappa shape index (κ2) is 24.2. The van der Waals surface area contributed by atoms with E-state index in [1.807, 2.05) is 12.2 Å². The van der Waals surface area contributed by atoms with Crippen molar-refractivity contribution < 1.29 is 41.4 Å². The van der Waals surface area contributed by atoms with Crippen LogP contribution >= 0.6 is 7.75 Å². The highest BCUT2D eigenvalue weighted by atomic mass is 31.2. The van der Waals surface area contributed by atoms with Crippen LogP contribution in [0.5, 0.6) is 5.75 Å². The van der Waals surface area contributed by atoms with Crippen LogP contribution in [0, 0.1) is 12.7 Å². The van der Waals surface area contributed by atoms with Gasteiger partial charge in [0, 0.05) is 31.4 Å². The minimum atomic E-state index is -4.37. The van der Waals surface area contributed by atoms with E-state index in [4.69, 9.17) is 13.8 Å². The number of rotatable bonds is 24. The van der Waals surface area contributed by atoms with Crippen molar-refractivity contribution >= 4 is 13.7 Å². The predicted molar refractivity (Wildman–Crippen MR) is 207 cm³/mol. The third kappa shape index (κ3) is 16.5. The van der Waals surface area contributed by atoms with Crippen molar-refractivity contribution in [1.29, 1.82) is 0 Å². The number of hydrogen-bond acceptors (Lipinski definition) is 8. The molecule has 0 aliphatic carbocycles. The zero-order valence-electron chi connectivity index (χ0n) is 31.3. The molecule has 1 aromatic carbocycles. The van der Waals surface area contributed by atoms with Crippen LogP contribution in [0.1, 0.15) is 70.2 Å². The number of allylic oxidation sites excluding steroid dienone is 12.